The molecule has 1 aliphatic carbocycles. The third-order valence-corrected chi connectivity index (χ3v) is 5.16. The molecular formula is C23H14N2O3. The third kappa shape index (κ3) is 2.13. The average molecular weight is 366 g/mol. The van der Waals surface area contributed by atoms with Gasteiger partial charge in [0.15, 0.2) is 11.6 Å². The Balaban J connectivity index is 1.86. The number of benzene rings is 1. The number of aromatic nitrogens is 2. The molecule has 3 heterocycles. The van der Waals surface area contributed by atoms with Crippen LogP contribution in [0.25, 0.3) is 16.6 Å². The van der Waals surface area contributed by atoms with Gasteiger partial charge in [0, 0.05) is 29.7 Å². The molecule has 1 aliphatic rings. The van der Waals surface area contributed by atoms with Crippen LogP contribution in [0, 0.1) is 0 Å². The molecule has 0 atom stereocenters. The summed E-state index contributed by atoms with van der Waals surface area (Å²) in [6.45, 7) is 1.42. The fourth-order valence-corrected chi connectivity index (χ4v) is 3.92. The molecule has 1 aromatic carbocycles. The number of fused-ring (bicyclic) bond motifs is 4. The highest BCUT2D eigenvalue weighted by atomic mass is 16.1. The fourth-order valence-electron chi connectivity index (χ4n) is 3.92. The maximum absolute atomic E-state index is 13.2. The van der Waals surface area contributed by atoms with Crippen molar-refractivity contribution in [3.05, 3.63) is 95.1 Å². The van der Waals surface area contributed by atoms with Gasteiger partial charge in [-0.1, -0.05) is 24.3 Å². The van der Waals surface area contributed by atoms with Crippen molar-refractivity contribution >= 4 is 22.9 Å². The van der Waals surface area contributed by atoms with Crippen molar-refractivity contribution in [1.29, 1.82) is 0 Å². The monoisotopic (exact) mass is 366 g/mol. The molecule has 5 heteroatoms. The standard InChI is InChI=1S/C23H14N2O3/c1-13(26)19-18-12-15(14-6-9-24-10-7-14)8-11-25(18)21-20(19)22(27)16-4-2-3-5-17(16)23(21)28/h2-12H,1H3. The molecule has 4 aromatic rings. The SMILES string of the molecule is CC(=O)c1c2c(n3ccc(-c4ccncc4)cc13)C(=O)c1ccccc1C2=O. The number of carbonyl (C=O) groups excluding carboxylic acids is 3. The molecule has 0 bridgehead atoms. The van der Waals surface area contributed by atoms with Gasteiger partial charge >= 0.3 is 0 Å². The van der Waals surface area contributed by atoms with E-state index in [1.165, 1.54) is 6.92 Å². The van der Waals surface area contributed by atoms with E-state index in [-0.39, 0.29) is 28.6 Å². The van der Waals surface area contributed by atoms with E-state index in [9.17, 15) is 14.4 Å². The highest BCUT2D eigenvalue weighted by Crippen LogP contribution is 2.35. The fraction of sp³-hybridized carbons (Fsp3) is 0.0435. The second-order valence-corrected chi connectivity index (χ2v) is 6.77. The summed E-state index contributed by atoms with van der Waals surface area (Å²) in [6.07, 6.45) is 5.13. The molecule has 5 nitrogen and oxygen atoms in total. The Morgan fingerprint density at radius 2 is 1.57 bits per heavy atom. The zero-order valence-corrected chi connectivity index (χ0v) is 15.0. The van der Waals surface area contributed by atoms with E-state index in [1.54, 1.807) is 47.3 Å². The van der Waals surface area contributed by atoms with Gasteiger partial charge in [-0.2, -0.15) is 0 Å². The second kappa shape index (κ2) is 5.82. The minimum Gasteiger partial charge on any atom is -0.312 e. The number of hydrogen-bond donors (Lipinski definition) is 0. The van der Waals surface area contributed by atoms with Crippen molar-refractivity contribution < 1.29 is 14.4 Å². The van der Waals surface area contributed by atoms with E-state index in [1.807, 2.05) is 24.3 Å². The topological polar surface area (TPSA) is 68.5 Å². The van der Waals surface area contributed by atoms with Crippen LogP contribution in [0.15, 0.2) is 67.1 Å². The highest BCUT2D eigenvalue weighted by Gasteiger charge is 2.36. The lowest BCUT2D eigenvalue weighted by Crippen LogP contribution is -2.22. The minimum atomic E-state index is -0.287. The Bertz CT molecular complexity index is 1320. The summed E-state index contributed by atoms with van der Waals surface area (Å²) in [5.74, 6) is -0.778. The van der Waals surface area contributed by atoms with Crippen molar-refractivity contribution in [3.63, 3.8) is 0 Å². The number of ketones is 3. The number of pyridine rings is 2. The smallest absolute Gasteiger partial charge is 0.211 e. The van der Waals surface area contributed by atoms with E-state index >= 15 is 0 Å². The van der Waals surface area contributed by atoms with Crippen molar-refractivity contribution in [2.45, 2.75) is 6.92 Å². The number of nitrogens with zero attached hydrogens (tertiary/aromatic N) is 2. The van der Waals surface area contributed by atoms with Crippen LogP contribution in [0.5, 0.6) is 0 Å². The third-order valence-electron chi connectivity index (χ3n) is 5.16. The minimum absolute atomic E-state index is 0.197. The summed E-state index contributed by atoms with van der Waals surface area (Å²) < 4.78 is 1.66. The van der Waals surface area contributed by atoms with Gasteiger partial charge in [0.2, 0.25) is 5.78 Å². The molecule has 0 saturated carbocycles. The Hall–Kier alpha value is -3.86. The van der Waals surface area contributed by atoms with Gasteiger partial charge in [-0.3, -0.25) is 19.4 Å². The van der Waals surface area contributed by atoms with Gasteiger partial charge < -0.3 is 4.40 Å². The van der Waals surface area contributed by atoms with Crippen LogP contribution >= 0.6 is 0 Å². The van der Waals surface area contributed by atoms with E-state index in [0.29, 0.717) is 22.2 Å². The first-order chi connectivity index (χ1) is 13.6. The zero-order valence-electron chi connectivity index (χ0n) is 15.0. The van der Waals surface area contributed by atoms with Gasteiger partial charge in [0.05, 0.1) is 16.6 Å². The van der Waals surface area contributed by atoms with Crippen LogP contribution in [-0.4, -0.2) is 26.7 Å². The summed E-state index contributed by atoms with van der Waals surface area (Å²) in [4.78, 5) is 42.9. The lowest BCUT2D eigenvalue weighted by Gasteiger charge is -2.15. The first-order valence-corrected chi connectivity index (χ1v) is 8.85. The molecule has 134 valence electrons. The Kier molecular flexibility index (Phi) is 3.39. The molecular weight excluding hydrogens is 352 g/mol. The normalized spacial score (nSPS) is 12.8. The first kappa shape index (κ1) is 16.3. The molecule has 0 aliphatic heterocycles. The number of rotatable bonds is 2. The maximum atomic E-state index is 13.2. The Morgan fingerprint density at radius 1 is 0.893 bits per heavy atom. The largest absolute Gasteiger partial charge is 0.312 e. The summed E-state index contributed by atoms with van der Waals surface area (Å²) in [7, 11) is 0. The van der Waals surface area contributed by atoms with Crippen LogP contribution < -0.4 is 0 Å². The predicted octanol–water partition coefficient (Wildman–Crippen LogP) is 3.98. The van der Waals surface area contributed by atoms with Crippen molar-refractivity contribution in [2.75, 3.05) is 0 Å². The molecule has 0 unspecified atom stereocenters. The number of carbonyl (C=O) groups is 3. The van der Waals surface area contributed by atoms with Crippen LogP contribution in [0.1, 0.15) is 49.3 Å². The van der Waals surface area contributed by atoms with Crippen LogP contribution in [0.4, 0.5) is 0 Å². The zero-order chi connectivity index (χ0) is 19.4. The molecule has 0 amide bonds. The van der Waals surface area contributed by atoms with Crippen molar-refractivity contribution in [2.24, 2.45) is 0 Å². The van der Waals surface area contributed by atoms with Gasteiger partial charge in [-0.15, -0.1) is 0 Å². The lowest BCUT2D eigenvalue weighted by molar-refractivity contribution is 0.0967. The Labute approximate surface area is 160 Å². The van der Waals surface area contributed by atoms with Crippen LogP contribution in [0.2, 0.25) is 0 Å². The van der Waals surface area contributed by atoms with Crippen LogP contribution in [0.3, 0.4) is 0 Å². The highest BCUT2D eigenvalue weighted by molar-refractivity contribution is 6.32. The molecule has 0 N–H and O–H groups in total. The average Bonchev–Trinajstić information content (AvgIpc) is 3.08. The molecule has 3 aromatic heterocycles. The summed E-state index contributed by atoms with van der Waals surface area (Å²) in [5.41, 5.74) is 3.82. The molecule has 0 radical (unpaired) electrons. The summed E-state index contributed by atoms with van der Waals surface area (Å²) in [6, 6.07) is 14.2. The number of Topliss-reactive ketones (excluding diaryl/α,β-unsaturated/α-hetero) is 1. The van der Waals surface area contributed by atoms with Crippen molar-refractivity contribution in [3.8, 4) is 11.1 Å². The van der Waals surface area contributed by atoms with E-state index in [0.717, 1.165) is 11.1 Å². The maximum Gasteiger partial charge on any atom is 0.211 e. The molecule has 0 saturated heterocycles. The van der Waals surface area contributed by atoms with Gasteiger partial charge in [-0.25, -0.2) is 0 Å². The lowest BCUT2D eigenvalue weighted by atomic mass is 9.85. The quantitative estimate of drug-likeness (QED) is 0.443. The predicted molar refractivity (Wildman–Crippen MR) is 104 cm³/mol. The molecule has 0 fully saturated rings. The first-order valence-electron chi connectivity index (χ1n) is 8.85. The molecule has 5 rings (SSSR count). The summed E-state index contributed by atoms with van der Waals surface area (Å²) in [5, 5.41) is 0. The molecule has 0 spiro atoms. The van der Waals surface area contributed by atoms with Gasteiger partial charge in [0.1, 0.15) is 5.69 Å². The second-order valence-electron chi connectivity index (χ2n) is 6.77. The van der Waals surface area contributed by atoms with E-state index in [4.69, 9.17) is 0 Å². The van der Waals surface area contributed by atoms with Crippen LogP contribution in [-0.2, 0) is 0 Å². The van der Waals surface area contributed by atoms with Gasteiger partial charge in [-0.05, 0) is 42.3 Å². The summed E-state index contributed by atoms with van der Waals surface area (Å²) >= 11 is 0. The molecule has 28 heavy (non-hydrogen) atoms. The Morgan fingerprint density at radius 3 is 2.25 bits per heavy atom. The van der Waals surface area contributed by atoms with E-state index < -0.39 is 0 Å². The number of hydrogen-bond acceptors (Lipinski definition) is 4. The van der Waals surface area contributed by atoms with Gasteiger partial charge in [0.25, 0.3) is 0 Å². The van der Waals surface area contributed by atoms with E-state index in [2.05, 4.69) is 4.98 Å². The van der Waals surface area contributed by atoms with Crippen molar-refractivity contribution in [1.82, 2.24) is 9.38 Å².